The number of nitrogens with one attached hydrogen (secondary N) is 1. The van der Waals surface area contributed by atoms with Crippen LogP contribution in [0.2, 0.25) is 0 Å². The number of sulfone groups is 1. The quantitative estimate of drug-likeness (QED) is 0.430. The molecule has 0 amide bonds. The summed E-state index contributed by atoms with van der Waals surface area (Å²) in [5.74, 6) is 0.537. The van der Waals surface area contributed by atoms with Gasteiger partial charge >= 0.3 is 0 Å². The topological polar surface area (TPSA) is 89.2 Å². The van der Waals surface area contributed by atoms with E-state index >= 15 is 0 Å². The van der Waals surface area contributed by atoms with Crippen molar-refractivity contribution in [3.05, 3.63) is 83.4 Å². The number of hydrogen-bond acceptors (Lipinski definition) is 6. The molecule has 0 spiro atoms. The SMILES string of the molecule is Cc1cc(C)c(S(=O)(=O)c2nnn3c2nc(Nc2ccccc2)c2ccccc23)c(C)c1. The van der Waals surface area contributed by atoms with Gasteiger partial charge in [0, 0.05) is 11.1 Å². The molecule has 0 atom stereocenters. The van der Waals surface area contributed by atoms with Gasteiger partial charge in [-0.05, 0) is 56.2 Å². The van der Waals surface area contributed by atoms with Crippen molar-refractivity contribution in [2.24, 2.45) is 0 Å². The second-order valence-electron chi connectivity index (χ2n) is 7.83. The molecule has 7 nitrogen and oxygen atoms in total. The first kappa shape index (κ1) is 20.1. The zero-order valence-electron chi connectivity index (χ0n) is 17.9. The molecule has 0 radical (unpaired) electrons. The summed E-state index contributed by atoms with van der Waals surface area (Å²) in [5, 5.41) is 12.2. The minimum absolute atomic E-state index is 0.158. The normalized spacial score (nSPS) is 11.8. The minimum atomic E-state index is -3.94. The Morgan fingerprint density at radius 2 is 1.53 bits per heavy atom. The number of benzene rings is 3. The lowest BCUT2D eigenvalue weighted by molar-refractivity contribution is 0.591. The van der Waals surface area contributed by atoms with Crippen LogP contribution in [0.25, 0.3) is 16.6 Å². The third kappa shape index (κ3) is 3.20. The van der Waals surface area contributed by atoms with E-state index in [1.807, 2.05) is 73.7 Å². The molecule has 0 bridgehead atoms. The number of para-hydroxylation sites is 2. The van der Waals surface area contributed by atoms with E-state index in [1.54, 1.807) is 13.8 Å². The molecule has 5 aromatic rings. The van der Waals surface area contributed by atoms with Crippen molar-refractivity contribution in [1.29, 1.82) is 0 Å². The maximum atomic E-state index is 13.7. The highest BCUT2D eigenvalue weighted by Gasteiger charge is 2.30. The lowest BCUT2D eigenvalue weighted by Gasteiger charge is -2.12. The standard InChI is InChI=1S/C24H21N5O2S/c1-15-13-16(2)21(17(3)14-15)32(30,31)24-23-26-22(25-18-9-5-4-6-10-18)19-11-7-8-12-20(19)29(23)28-27-24/h4-14H,1-3H3,(H,25,26). The van der Waals surface area contributed by atoms with Crippen molar-refractivity contribution in [3.8, 4) is 0 Å². The van der Waals surface area contributed by atoms with Crippen LogP contribution in [0.4, 0.5) is 11.5 Å². The zero-order valence-corrected chi connectivity index (χ0v) is 18.7. The fraction of sp³-hybridized carbons (Fsp3) is 0.125. The smallest absolute Gasteiger partial charge is 0.230 e. The van der Waals surface area contributed by atoms with Crippen molar-refractivity contribution < 1.29 is 8.42 Å². The molecule has 32 heavy (non-hydrogen) atoms. The molecule has 0 fully saturated rings. The van der Waals surface area contributed by atoms with Crippen LogP contribution in [0.15, 0.2) is 76.7 Å². The van der Waals surface area contributed by atoms with Crippen LogP contribution in [-0.4, -0.2) is 28.2 Å². The van der Waals surface area contributed by atoms with Gasteiger partial charge in [0.1, 0.15) is 5.82 Å². The number of nitrogens with zero attached hydrogens (tertiary/aromatic N) is 4. The largest absolute Gasteiger partial charge is 0.340 e. The summed E-state index contributed by atoms with van der Waals surface area (Å²) in [6, 6.07) is 20.9. The third-order valence-electron chi connectivity index (χ3n) is 5.39. The molecule has 8 heteroatoms. The Morgan fingerprint density at radius 3 is 2.25 bits per heavy atom. The second kappa shape index (κ2) is 7.42. The van der Waals surface area contributed by atoms with Crippen LogP contribution in [-0.2, 0) is 9.84 Å². The summed E-state index contributed by atoms with van der Waals surface area (Å²) in [5.41, 5.74) is 4.09. The van der Waals surface area contributed by atoms with Gasteiger partial charge in [-0.25, -0.2) is 13.4 Å². The molecule has 0 aliphatic heterocycles. The van der Waals surface area contributed by atoms with Crippen molar-refractivity contribution in [2.45, 2.75) is 30.7 Å². The van der Waals surface area contributed by atoms with Gasteiger partial charge in [-0.2, -0.15) is 4.52 Å². The number of rotatable bonds is 4. The Balaban J connectivity index is 1.78. The summed E-state index contributed by atoms with van der Waals surface area (Å²) in [7, 11) is -3.94. The lowest BCUT2D eigenvalue weighted by Crippen LogP contribution is -2.09. The Kier molecular flexibility index (Phi) is 4.67. The summed E-state index contributed by atoms with van der Waals surface area (Å²) >= 11 is 0. The molecule has 0 aliphatic rings. The van der Waals surface area contributed by atoms with E-state index < -0.39 is 9.84 Å². The lowest BCUT2D eigenvalue weighted by atomic mass is 10.1. The second-order valence-corrected chi connectivity index (χ2v) is 9.63. The maximum absolute atomic E-state index is 13.7. The molecule has 160 valence electrons. The van der Waals surface area contributed by atoms with E-state index in [0.717, 1.165) is 16.6 Å². The molecule has 5 rings (SSSR count). The first-order chi connectivity index (χ1) is 15.4. The molecular weight excluding hydrogens is 422 g/mol. The highest BCUT2D eigenvalue weighted by Crippen LogP contribution is 2.32. The van der Waals surface area contributed by atoms with E-state index in [1.165, 1.54) is 4.52 Å². The molecule has 1 N–H and O–H groups in total. The van der Waals surface area contributed by atoms with Gasteiger partial charge < -0.3 is 5.32 Å². The van der Waals surface area contributed by atoms with Gasteiger partial charge in [0.25, 0.3) is 0 Å². The van der Waals surface area contributed by atoms with E-state index in [-0.39, 0.29) is 15.6 Å². The average Bonchev–Trinajstić information content (AvgIpc) is 3.19. The van der Waals surface area contributed by atoms with Gasteiger partial charge in [-0.1, -0.05) is 53.2 Å². The van der Waals surface area contributed by atoms with E-state index in [4.69, 9.17) is 0 Å². The van der Waals surface area contributed by atoms with Gasteiger partial charge in [0.05, 0.1) is 10.4 Å². The summed E-state index contributed by atoms with van der Waals surface area (Å²) < 4.78 is 28.9. The number of anilines is 2. The number of aryl methyl sites for hydroxylation is 3. The number of aromatic nitrogens is 4. The van der Waals surface area contributed by atoms with Gasteiger partial charge in [-0.3, -0.25) is 0 Å². The highest BCUT2D eigenvalue weighted by molar-refractivity contribution is 7.91. The molecule has 2 heterocycles. The molecule has 0 saturated carbocycles. The zero-order chi connectivity index (χ0) is 22.5. The van der Waals surface area contributed by atoms with E-state index in [0.29, 0.717) is 22.5 Å². The third-order valence-corrected chi connectivity index (χ3v) is 7.34. The minimum Gasteiger partial charge on any atom is -0.340 e. The fourth-order valence-corrected chi connectivity index (χ4v) is 5.84. The Bertz CT molecular complexity index is 1570. The fourth-order valence-electron chi connectivity index (χ4n) is 4.16. The molecule has 0 unspecified atom stereocenters. The van der Waals surface area contributed by atoms with Crippen LogP contribution in [0.1, 0.15) is 16.7 Å². The number of fused-ring (bicyclic) bond motifs is 3. The predicted octanol–water partition coefficient (Wildman–Crippen LogP) is 4.78. The van der Waals surface area contributed by atoms with Crippen LogP contribution in [0.3, 0.4) is 0 Å². The number of hydrogen-bond donors (Lipinski definition) is 1. The average molecular weight is 444 g/mol. The monoisotopic (exact) mass is 443 g/mol. The molecule has 0 saturated heterocycles. The van der Waals surface area contributed by atoms with Crippen molar-refractivity contribution in [2.75, 3.05) is 5.32 Å². The van der Waals surface area contributed by atoms with Crippen molar-refractivity contribution >= 4 is 37.9 Å². The summed E-state index contributed by atoms with van der Waals surface area (Å²) in [6.45, 7) is 5.53. The van der Waals surface area contributed by atoms with E-state index in [9.17, 15) is 8.42 Å². The molecular formula is C24H21N5O2S. The Labute approximate surface area is 185 Å². The Hall–Kier alpha value is -3.78. The van der Waals surface area contributed by atoms with Crippen LogP contribution >= 0.6 is 0 Å². The van der Waals surface area contributed by atoms with E-state index in [2.05, 4.69) is 20.6 Å². The predicted molar refractivity (Wildman–Crippen MR) is 124 cm³/mol. The van der Waals surface area contributed by atoms with Gasteiger partial charge in [-0.15, -0.1) is 5.10 Å². The summed E-state index contributed by atoms with van der Waals surface area (Å²) in [4.78, 5) is 4.92. The van der Waals surface area contributed by atoms with Crippen LogP contribution < -0.4 is 5.32 Å². The highest BCUT2D eigenvalue weighted by atomic mass is 32.2. The Morgan fingerprint density at radius 1 is 0.875 bits per heavy atom. The van der Waals surface area contributed by atoms with Crippen molar-refractivity contribution in [1.82, 2.24) is 19.8 Å². The summed E-state index contributed by atoms with van der Waals surface area (Å²) in [6.07, 6.45) is 0. The molecule has 3 aromatic carbocycles. The van der Waals surface area contributed by atoms with Gasteiger partial charge in [0.15, 0.2) is 5.65 Å². The molecule has 2 aromatic heterocycles. The molecule has 0 aliphatic carbocycles. The first-order valence-corrected chi connectivity index (χ1v) is 11.6. The first-order valence-electron chi connectivity index (χ1n) is 10.2. The van der Waals surface area contributed by atoms with Crippen molar-refractivity contribution in [3.63, 3.8) is 0 Å². The van der Waals surface area contributed by atoms with Gasteiger partial charge in [0.2, 0.25) is 14.9 Å². The van der Waals surface area contributed by atoms with Crippen LogP contribution in [0, 0.1) is 20.8 Å². The maximum Gasteiger partial charge on any atom is 0.230 e. The van der Waals surface area contributed by atoms with Crippen LogP contribution in [0.5, 0.6) is 0 Å².